The molecule has 0 aromatic heterocycles. The Hall–Kier alpha value is -1.57. The highest BCUT2D eigenvalue weighted by Gasteiger charge is 2.18. The number of carbonyl (C=O) groups excluding carboxylic acids is 1. The van der Waals surface area contributed by atoms with Crippen molar-refractivity contribution in [3.8, 4) is 0 Å². The summed E-state index contributed by atoms with van der Waals surface area (Å²) in [7, 11) is 2.01. The van der Waals surface area contributed by atoms with Crippen molar-refractivity contribution in [3.05, 3.63) is 48.2 Å². The molecule has 0 aliphatic heterocycles. The van der Waals surface area contributed by atoms with Crippen molar-refractivity contribution in [2.24, 2.45) is 5.92 Å². The summed E-state index contributed by atoms with van der Waals surface area (Å²) in [6, 6.07) is 10.3. The van der Waals surface area contributed by atoms with Gasteiger partial charge in [-0.3, -0.25) is 4.79 Å². The zero-order chi connectivity index (χ0) is 13.5. The first-order valence-corrected chi connectivity index (χ1v) is 7.22. The van der Waals surface area contributed by atoms with Crippen LogP contribution in [-0.4, -0.2) is 17.7 Å². The molecule has 0 bridgehead atoms. The average Bonchev–Trinajstić information content (AvgIpc) is 2.47. The third kappa shape index (κ3) is 4.55. The van der Waals surface area contributed by atoms with Crippen LogP contribution in [0.1, 0.15) is 37.7 Å². The average molecular weight is 257 g/mol. The highest BCUT2D eigenvalue weighted by Crippen LogP contribution is 2.24. The van der Waals surface area contributed by atoms with Crippen LogP contribution in [0.2, 0.25) is 0 Å². The molecule has 0 radical (unpaired) electrons. The van der Waals surface area contributed by atoms with Gasteiger partial charge < -0.3 is 4.90 Å². The molecule has 1 aliphatic rings. The van der Waals surface area contributed by atoms with Gasteiger partial charge in [0.1, 0.15) is 0 Å². The fourth-order valence-corrected chi connectivity index (χ4v) is 2.65. The van der Waals surface area contributed by atoms with E-state index in [1.807, 2.05) is 31.4 Å². The lowest BCUT2D eigenvalue weighted by Gasteiger charge is -2.19. The monoisotopic (exact) mass is 257 g/mol. The van der Waals surface area contributed by atoms with E-state index in [4.69, 9.17) is 0 Å². The van der Waals surface area contributed by atoms with Gasteiger partial charge in [0, 0.05) is 25.7 Å². The number of allylic oxidation sites excluding steroid dienone is 1. The predicted octanol–water partition coefficient (Wildman–Crippen LogP) is 3.78. The van der Waals surface area contributed by atoms with Crippen LogP contribution >= 0.6 is 0 Å². The first kappa shape index (κ1) is 13.9. The Balaban J connectivity index is 1.82. The molecular formula is C17H23NO. The molecule has 19 heavy (non-hydrogen) atoms. The summed E-state index contributed by atoms with van der Waals surface area (Å²) in [6.07, 6.45) is 9.55. The van der Waals surface area contributed by atoms with Crippen LogP contribution in [0.5, 0.6) is 0 Å². The van der Waals surface area contributed by atoms with Crippen LogP contribution < -0.4 is 0 Å². The molecule has 1 aromatic carbocycles. The minimum Gasteiger partial charge on any atom is -0.376 e. The van der Waals surface area contributed by atoms with Crippen molar-refractivity contribution in [1.82, 2.24) is 4.90 Å². The van der Waals surface area contributed by atoms with Crippen molar-refractivity contribution >= 4 is 5.78 Å². The molecule has 0 saturated heterocycles. The highest BCUT2D eigenvalue weighted by molar-refractivity contribution is 5.91. The number of hydrogen-bond acceptors (Lipinski definition) is 2. The molecule has 1 fully saturated rings. The molecule has 1 aliphatic carbocycles. The Morgan fingerprint density at radius 1 is 1.21 bits per heavy atom. The Labute approximate surface area is 116 Å². The van der Waals surface area contributed by atoms with Crippen LogP contribution in [0, 0.1) is 5.92 Å². The van der Waals surface area contributed by atoms with Gasteiger partial charge in [-0.2, -0.15) is 0 Å². The Morgan fingerprint density at radius 2 is 1.89 bits per heavy atom. The van der Waals surface area contributed by atoms with Gasteiger partial charge in [-0.1, -0.05) is 49.6 Å². The van der Waals surface area contributed by atoms with Crippen molar-refractivity contribution in [2.45, 2.75) is 38.6 Å². The third-order valence-electron chi connectivity index (χ3n) is 3.78. The van der Waals surface area contributed by atoms with Crippen molar-refractivity contribution < 1.29 is 4.79 Å². The van der Waals surface area contributed by atoms with Crippen LogP contribution in [0.25, 0.3) is 0 Å². The number of ketones is 1. The number of benzene rings is 1. The van der Waals surface area contributed by atoms with E-state index in [1.165, 1.54) is 24.8 Å². The van der Waals surface area contributed by atoms with E-state index in [1.54, 1.807) is 6.08 Å². The van der Waals surface area contributed by atoms with Gasteiger partial charge in [-0.15, -0.1) is 0 Å². The molecule has 0 unspecified atom stereocenters. The molecule has 2 heteroatoms. The topological polar surface area (TPSA) is 20.3 Å². The van der Waals surface area contributed by atoms with E-state index in [0.29, 0.717) is 5.78 Å². The second-order valence-corrected chi connectivity index (χ2v) is 5.45. The maximum Gasteiger partial charge on any atom is 0.160 e. The number of carbonyl (C=O) groups is 1. The minimum absolute atomic E-state index is 0.273. The van der Waals surface area contributed by atoms with Crippen LogP contribution in [0.15, 0.2) is 42.6 Å². The van der Waals surface area contributed by atoms with Crippen molar-refractivity contribution in [3.63, 3.8) is 0 Å². The Kier molecular flexibility index (Phi) is 5.20. The van der Waals surface area contributed by atoms with E-state index in [9.17, 15) is 4.79 Å². The van der Waals surface area contributed by atoms with E-state index < -0.39 is 0 Å². The van der Waals surface area contributed by atoms with Gasteiger partial charge >= 0.3 is 0 Å². The van der Waals surface area contributed by atoms with Crippen molar-refractivity contribution in [2.75, 3.05) is 7.05 Å². The molecule has 102 valence electrons. The molecular weight excluding hydrogens is 234 g/mol. The molecule has 0 amide bonds. The first-order valence-electron chi connectivity index (χ1n) is 7.22. The summed E-state index contributed by atoms with van der Waals surface area (Å²) in [4.78, 5) is 14.1. The number of nitrogens with zero attached hydrogens (tertiary/aromatic N) is 1. The summed E-state index contributed by atoms with van der Waals surface area (Å²) >= 11 is 0. The molecule has 0 spiro atoms. The summed E-state index contributed by atoms with van der Waals surface area (Å²) in [5, 5.41) is 0. The van der Waals surface area contributed by atoms with Gasteiger partial charge in [0.2, 0.25) is 0 Å². The number of hydrogen-bond donors (Lipinski definition) is 0. The second kappa shape index (κ2) is 7.13. The summed E-state index contributed by atoms with van der Waals surface area (Å²) in [6.45, 7) is 0.843. The zero-order valence-electron chi connectivity index (χ0n) is 11.7. The van der Waals surface area contributed by atoms with Crippen LogP contribution in [0.4, 0.5) is 0 Å². The van der Waals surface area contributed by atoms with E-state index in [-0.39, 0.29) is 5.92 Å². The highest BCUT2D eigenvalue weighted by atomic mass is 16.1. The standard InChI is InChI=1S/C17H23NO/c1-18(14-15-8-4-2-5-9-15)13-12-17(19)16-10-6-3-7-11-16/h2,4-5,8-9,12-13,16H,3,6-7,10-11,14H2,1H3/b13-12+. The maximum absolute atomic E-state index is 12.0. The Bertz CT molecular complexity index is 418. The van der Waals surface area contributed by atoms with E-state index in [0.717, 1.165) is 19.4 Å². The maximum atomic E-state index is 12.0. The van der Waals surface area contributed by atoms with Gasteiger partial charge in [-0.25, -0.2) is 0 Å². The predicted molar refractivity (Wildman–Crippen MR) is 78.6 cm³/mol. The summed E-state index contributed by atoms with van der Waals surface area (Å²) in [5.74, 6) is 0.578. The molecule has 0 heterocycles. The lowest BCUT2D eigenvalue weighted by atomic mass is 9.86. The second-order valence-electron chi connectivity index (χ2n) is 5.45. The van der Waals surface area contributed by atoms with Gasteiger partial charge in [0.25, 0.3) is 0 Å². The lowest BCUT2D eigenvalue weighted by Crippen LogP contribution is -2.17. The molecule has 2 nitrogen and oxygen atoms in total. The first-order chi connectivity index (χ1) is 9.25. The van der Waals surface area contributed by atoms with E-state index >= 15 is 0 Å². The zero-order valence-corrected chi connectivity index (χ0v) is 11.7. The summed E-state index contributed by atoms with van der Waals surface area (Å²) < 4.78 is 0. The molecule has 0 atom stereocenters. The van der Waals surface area contributed by atoms with E-state index in [2.05, 4.69) is 17.0 Å². The lowest BCUT2D eigenvalue weighted by molar-refractivity contribution is -0.119. The summed E-state index contributed by atoms with van der Waals surface area (Å²) in [5.41, 5.74) is 1.26. The molecule has 2 rings (SSSR count). The minimum atomic E-state index is 0.273. The van der Waals surface area contributed by atoms with Crippen LogP contribution in [0.3, 0.4) is 0 Å². The molecule has 1 aromatic rings. The fourth-order valence-electron chi connectivity index (χ4n) is 2.65. The van der Waals surface area contributed by atoms with Gasteiger partial charge in [-0.05, 0) is 24.5 Å². The Morgan fingerprint density at radius 3 is 2.58 bits per heavy atom. The smallest absolute Gasteiger partial charge is 0.160 e. The molecule has 0 N–H and O–H groups in total. The number of rotatable bonds is 5. The van der Waals surface area contributed by atoms with Gasteiger partial charge in [0.15, 0.2) is 5.78 Å². The normalized spacial score (nSPS) is 16.7. The fraction of sp³-hybridized carbons (Fsp3) is 0.471. The largest absolute Gasteiger partial charge is 0.376 e. The SMILES string of the molecule is CN(/C=C/C(=O)C1CCCCC1)Cc1ccccc1. The third-order valence-corrected chi connectivity index (χ3v) is 3.78. The van der Waals surface area contributed by atoms with Gasteiger partial charge in [0.05, 0.1) is 0 Å². The quantitative estimate of drug-likeness (QED) is 0.748. The van der Waals surface area contributed by atoms with Crippen molar-refractivity contribution in [1.29, 1.82) is 0 Å². The van der Waals surface area contributed by atoms with Crippen LogP contribution in [-0.2, 0) is 11.3 Å². The molecule has 1 saturated carbocycles.